The normalized spacial score (nSPS) is 14.2. The van der Waals surface area contributed by atoms with E-state index in [4.69, 9.17) is 25.1 Å². The van der Waals surface area contributed by atoms with Gasteiger partial charge in [-0.3, -0.25) is 9.69 Å². The van der Waals surface area contributed by atoms with Crippen molar-refractivity contribution >= 4 is 39.2 Å². The van der Waals surface area contributed by atoms with E-state index in [-0.39, 0.29) is 12.6 Å². The van der Waals surface area contributed by atoms with E-state index in [0.29, 0.717) is 12.4 Å². The highest BCUT2D eigenvalue weighted by molar-refractivity contribution is 7.22. The molecule has 1 aliphatic heterocycles. The standard InChI is InChI=1S/C25H32N6O2S.CH2O2/c1-15(2)33-13-18-19(12-30-7-5-27-6-8-30)31-23(25(26)28-14-29-31)22(18)21-11-17-9-16(3)10-20(32-4)24(17)34-21;2-1-3/h9-11,14-15,27H,5-8,12-13H2,1-4H3,(H2,26,28,29);1H,(H,2,3). The number of nitrogens with zero attached hydrogens (tertiary/aromatic N) is 4. The Morgan fingerprint density at radius 1 is 1.27 bits per heavy atom. The van der Waals surface area contributed by atoms with Crippen LogP contribution in [0.2, 0.25) is 0 Å². The summed E-state index contributed by atoms with van der Waals surface area (Å²) in [5, 5.41) is 16.1. The van der Waals surface area contributed by atoms with E-state index in [1.807, 2.05) is 4.52 Å². The molecule has 4 heterocycles. The predicted octanol–water partition coefficient (Wildman–Crippen LogP) is 3.54. The monoisotopic (exact) mass is 526 g/mol. The number of nitrogens with two attached hydrogens (primary N) is 1. The fourth-order valence-corrected chi connectivity index (χ4v) is 5.88. The zero-order valence-electron chi connectivity index (χ0n) is 21.7. The molecule has 4 aromatic rings. The molecule has 0 spiro atoms. The molecule has 198 valence electrons. The van der Waals surface area contributed by atoms with E-state index in [9.17, 15) is 0 Å². The summed E-state index contributed by atoms with van der Waals surface area (Å²) in [7, 11) is 1.72. The summed E-state index contributed by atoms with van der Waals surface area (Å²) in [5.74, 6) is 1.36. The minimum Gasteiger partial charge on any atom is -0.495 e. The number of aryl methyl sites for hydroxylation is 1. The van der Waals surface area contributed by atoms with Crippen LogP contribution in [0.15, 0.2) is 24.5 Å². The van der Waals surface area contributed by atoms with Crippen molar-refractivity contribution in [2.24, 2.45) is 0 Å². The van der Waals surface area contributed by atoms with Crippen molar-refractivity contribution in [3.63, 3.8) is 0 Å². The van der Waals surface area contributed by atoms with Crippen LogP contribution in [0.5, 0.6) is 5.75 Å². The van der Waals surface area contributed by atoms with E-state index < -0.39 is 0 Å². The second-order valence-corrected chi connectivity index (χ2v) is 10.2. The Hall–Kier alpha value is -3.25. The van der Waals surface area contributed by atoms with Gasteiger partial charge in [-0.2, -0.15) is 5.10 Å². The lowest BCUT2D eigenvalue weighted by Crippen LogP contribution is -2.43. The number of hydrogen-bond acceptors (Lipinski definition) is 9. The fourth-order valence-electron chi connectivity index (χ4n) is 4.67. The van der Waals surface area contributed by atoms with Crippen LogP contribution in [0.3, 0.4) is 0 Å². The Bertz CT molecular complexity index is 1380. The van der Waals surface area contributed by atoms with Gasteiger partial charge in [0.05, 0.1) is 30.2 Å². The predicted molar refractivity (Wildman–Crippen MR) is 146 cm³/mol. The first-order valence-corrected chi connectivity index (χ1v) is 13.0. The zero-order chi connectivity index (χ0) is 26.5. The number of hydrogen-bond donors (Lipinski definition) is 3. The molecule has 5 rings (SSSR count). The minimum atomic E-state index is -0.250. The molecule has 11 heteroatoms. The molecule has 1 saturated heterocycles. The summed E-state index contributed by atoms with van der Waals surface area (Å²) in [6, 6.07) is 6.50. The van der Waals surface area contributed by atoms with Gasteiger partial charge in [-0.1, -0.05) is 6.07 Å². The highest BCUT2D eigenvalue weighted by Gasteiger charge is 2.26. The molecular formula is C26H34N6O4S. The lowest BCUT2D eigenvalue weighted by molar-refractivity contribution is -0.122. The fraction of sp³-hybridized carbons (Fsp3) is 0.423. The second kappa shape index (κ2) is 11.9. The summed E-state index contributed by atoms with van der Waals surface area (Å²) in [4.78, 5) is 16.3. The molecular weight excluding hydrogens is 492 g/mol. The number of aromatic nitrogens is 3. The Labute approximate surface area is 220 Å². The smallest absolute Gasteiger partial charge is 0.290 e. The molecule has 0 atom stereocenters. The molecule has 10 nitrogen and oxygen atoms in total. The average Bonchev–Trinajstić information content (AvgIpc) is 3.43. The molecule has 3 aromatic heterocycles. The maximum Gasteiger partial charge on any atom is 0.290 e. The van der Waals surface area contributed by atoms with Gasteiger partial charge in [-0.25, -0.2) is 9.50 Å². The molecule has 1 fully saturated rings. The van der Waals surface area contributed by atoms with Crippen LogP contribution >= 0.6 is 11.3 Å². The van der Waals surface area contributed by atoms with Gasteiger partial charge < -0.3 is 25.6 Å². The third-order valence-corrected chi connectivity index (χ3v) is 7.48. The van der Waals surface area contributed by atoms with Crippen molar-refractivity contribution in [3.05, 3.63) is 41.3 Å². The van der Waals surface area contributed by atoms with Gasteiger partial charge in [-0.15, -0.1) is 11.3 Å². The highest BCUT2D eigenvalue weighted by atomic mass is 32.1. The molecule has 0 saturated carbocycles. The van der Waals surface area contributed by atoms with Crippen LogP contribution < -0.4 is 15.8 Å². The van der Waals surface area contributed by atoms with Crippen molar-refractivity contribution in [2.75, 3.05) is 39.0 Å². The lowest BCUT2D eigenvalue weighted by atomic mass is 10.1. The van der Waals surface area contributed by atoms with Crippen LogP contribution in [0, 0.1) is 6.92 Å². The Balaban J connectivity index is 0.00000102. The minimum absolute atomic E-state index is 0.108. The maximum atomic E-state index is 8.36. The Morgan fingerprint density at radius 3 is 2.68 bits per heavy atom. The first kappa shape index (κ1) is 26.8. The first-order valence-electron chi connectivity index (χ1n) is 12.2. The number of thiophene rings is 1. The average molecular weight is 527 g/mol. The van der Waals surface area contributed by atoms with Crippen molar-refractivity contribution in [1.82, 2.24) is 24.8 Å². The molecule has 0 radical (unpaired) electrons. The van der Waals surface area contributed by atoms with Gasteiger partial charge in [0, 0.05) is 48.7 Å². The van der Waals surface area contributed by atoms with Gasteiger partial charge in [0.2, 0.25) is 0 Å². The van der Waals surface area contributed by atoms with Crippen LogP contribution in [0.1, 0.15) is 30.7 Å². The summed E-state index contributed by atoms with van der Waals surface area (Å²) in [6.45, 7) is 11.2. The largest absolute Gasteiger partial charge is 0.495 e. The second-order valence-electron chi connectivity index (χ2n) is 9.19. The first-order chi connectivity index (χ1) is 17.9. The molecule has 1 aromatic carbocycles. The number of fused-ring (bicyclic) bond motifs is 2. The highest BCUT2D eigenvalue weighted by Crippen LogP contribution is 2.44. The molecule has 4 N–H and O–H groups in total. The topological polar surface area (TPSA) is 127 Å². The maximum absolute atomic E-state index is 8.36. The number of carboxylic acid groups (broad SMARTS) is 1. The van der Waals surface area contributed by atoms with E-state index in [0.717, 1.165) is 75.8 Å². The van der Waals surface area contributed by atoms with Crippen molar-refractivity contribution in [2.45, 2.75) is 40.0 Å². The molecule has 37 heavy (non-hydrogen) atoms. The molecule has 1 aliphatic rings. The van der Waals surface area contributed by atoms with E-state index in [2.05, 4.69) is 59.3 Å². The summed E-state index contributed by atoms with van der Waals surface area (Å²) >= 11 is 1.71. The molecule has 0 aliphatic carbocycles. The number of benzene rings is 1. The number of nitrogens with one attached hydrogen (secondary N) is 1. The number of piperazine rings is 1. The number of ether oxygens (including phenoxy) is 2. The van der Waals surface area contributed by atoms with Gasteiger partial charge in [0.15, 0.2) is 5.82 Å². The third-order valence-electron chi connectivity index (χ3n) is 6.30. The van der Waals surface area contributed by atoms with E-state index in [1.54, 1.807) is 18.4 Å². The zero-order valence-corrected chi connectivity index (χ0v) is 22.5. The van der Waals surface area contributed by atoms with Crippen LogP contribution in [-0.2, 0) is 22.7 Å². The molecule has 0 unspecified atom stereocenters. The van der Waals surface area contributed by atoms with E-state index in [1.165, 1.54) is 11.9 Å². The van der Waals surface area contributed by atoms with Crippen LogP contribution in [0.25, 0.3) is 26.0 Å². The number of carbonyl (C=O) groups is 1. The van der Waals surface area contributed by atoms with Gasteiger partial charge >= 0.3 is 0 Å². The quantitative estimate of drug-likeness (QED) is 0.310. The van der Waals surface area contributed by atoms with Crippen molar-refractivity contribution in [1.29, 1.82) is 0 Å². The SMILES string of the molecule is COc1cc(C)cc2cc(-c3c(COC(C)C)c(CN4CCNCC4)n4ncnc(N)c34)sc12.O=CO. The summed E-state index contributed by atoms with van der Waals surface area (Å²) in [5.41, 5.74) is 11.8. The van der Waals surface area contributed by atoms with Crippen LogP contribution in [0.4, 0.5) is 5.82 Å². The summed E-state index contributed by atoms with van der Waals surface area (Å²) in [6.07, 6.45) is 1.65. The van der Waals surface area contributed by atoms with Crippen molar-refractivity contribution in [3.8, 4) is 16.2 Å². The molecule has 0 bridgehead atoms. The third kappa shape index (κ3) is 5.69. The number of methoxy groups -OCH3 is 1. The number of rotatable bonds is 7. The van der Waals surface area contributed by atoms with Crippen LogP contribution in [-0.4, -0.2) is 70.5 Å². The van der Waals surface area contributed by atoms with Crippen molar-refractivity contribution < 1.29 is 19.4 Å². The number of nitrogen functional groups attached to an aromatic ring is 1. The number of anilines is 1. The molecule has 0 amide bonds. The van der Waals surface area contributed by atoms with Gasteiger partial charge in [0.1, 0.15) is 17.6 Å². The lowest BCUT2D eigenvalue weighted by Gasteiger charge is -2.27. The Kier molecular flexibility index (Phi) is 8.59. The van der Waals surface area contributed by atoms with Gasteiger partial charge in [0.25, 0.3) is 6.47 Å². The van der Waals surface area contributed by atoms with E-state index >= 15 is 0 Å². The van der Waals surface area contributed by atoms with Gasteiger partial charge in [-0.05, 0) is 43.9 Å². The Morgan fingerprint density at radius 2 is 2.00 bits per heavy atom. The summed E-state index contributed by atoms with van der Waals surface area (Å²) < 4.78 is 15.0.